The summed E-state index contributed by atoms with van der Waals surface area (Å²) in [5.74, 6) is 0.800. The number of allylic oxidation sites excluding steroid dienone is 3. The first kappa shape index (κ1) is 19.8. The molecule has 0 bridgehead atoms. The maximum atomic E-state index is 13.1. The molecule has 0 fully saturated rings. The highest BCUT2D eigenvalue weighted by Crippen LogP contribution is 2.46. The van der Waals surface area contributed by atoms with E-state index in [1.54, 1.807) is 0 Å². The van der Waals surface area contributed by atoms with Crippen LogP contribution in [-0.4, -0.2) is 12.4 Å². The topological polar surface area (TPSA) is 79.3 Å². The fraction of sp³-hybridized carbons (Fsp3) is 0.280. The second kappa shape index (κ2) is 8.08. The van der Waals surface area contributed by atoms with E-state index in [-0.39, 0.29) is 5.78 Å². The first-order valence-electron chi connectivity index (χ1n) is 10.3. The third kappa shape index (κ3) is 3.35. The minimum Gasteiger partial charge on any atom is -0.494 e. The highest BCUT2D eigenvalue weighted by molar-refractivity contribution is 6.01. The standard InChI is InChI=1S/C25H25N3O2/c1-3-30-19-13-9-17(10-14-19)23-20(15-26)25(27)28(18-11-7-16(2)8-12-18)21-5-4-6-22(29)24(21)23/h7-14,23H,3-6,27H2,1-2H3. The van der Waals surface area contributed by atoms with Gasteiger partial charge in [0.1, 0.15) is 11.6 Å². The number of nitriles is 1. The van der Waals surface area contributed by atoms with E-state index in [9.17, 15) is 10.1 Å². The van der Waals surface area contributed by atoms with Gasteiger partial charge in [0.15, 0.2) is 5.78 Å². The van der Waals surface area contributed by atoms with Crippen LogP contribution >= 0.6 is 0 Å². The number of carbonyl (C=O) groups excluding carboxylic acids is 1. The van der Waals surface area contributed by atoms with Crippen LogP contribution in [0.4, 0.5) is 5.69 Å². The molecule has 30 heavy (non-hydrogen) atoms. The van der Waals surface area contributed by atoms with Crippen molar-refractivity contribution in [3.8, 4) is 11.8 Å². The lowest BCUT2D eigenvalue weighted by molar-refractivity contribution is -0.116. The van der Waals surface area contributed by atoms with Gasteiger partial charge in [-0.3, -0.25) is 9.69 Å². The number of hydrogen-bond donors (Lipinski definition) is 1. The van der Waals surface area contributed by atoms with E-state index in [2.05, 4.69) is 6.07 Å². The summed E-state index contributed by atoms with van der Waals surface area (Å²) in [6, 6.07) is 17.9. The second-order valence-electron chi connectivity index (χ2n) is 7.65. The summed E-state index contributed by atoms with van der Waals surface area (Å²) in [5, 5.41) is 10.0. The lowest BCUT2D eigenvalue weighted by Gasteiger charge is -2.39. The summed E-state index contributed by atoms with van der Waals surface area (Å²) in [6.45, 7) is 4.54. The molecule has 5 heteroatoms. The summed E-state index contributed by atoms with van der Waals surface area (Å²) >= 11 is 0. The quantitative estimate of drug-likeness (QED) is 0.806. The Morgan fingerprint density at radius 1 is 1.13 bits per heavy atom. The predicted molar refractivity (Wildman–Crippen MR) is 117 cm³/mol. The number of benzene rings is 2. The Labute approximate surface area is 177 Å². The van der Waals surface area contributed by atoms with Crippen molar-refractivity contribution in [2.24, 2.45) is 5.73 Å². The average Bonchev–Trinajstić information content (AvgIpc) is 2.75. The Hall–Kier alpha value is -3.52. The van der Waals surface area contributed by atoms with Gasteiger partial charge in [-0.2, -0.15) is 5.26 Å². The van der Waals surface area contributed by atoms with Crippen LogP contribution in [0, 0.1) is 18.3 Å². The van der Waals surface area contributed by atoms with E-state index in [0.29, 0.717) is 30.0 Å². The van der Waals surface area contributed by atoms with Crippen LogP contribution in [0.2, 0.25) is 0 Å². The van der Waals surface area contributed by atoms with Crippen molar-refractivity contribution in [2.75, 3.05) is 11.5 Å². The number of carbonyl (C=O) groups is 1. The van der Waals surface area contributed by atoms with Crippen molar-refractivity contribution in [1.29, 1.82) is 5.26 Å². The number of ketones is 1. The van der Waals surface area contributed by atoms with Gasteiger partial charge in [0.2, 0.25) is 0 Å². The van der Waals surface area contributed by atoms with Gasteiger partial charge in [-0.15, -0.1) is 0 Å². The van der Waals surface area contributed by atoms with Crippen LogP contribution < -0.4 is 15.4 Å². The molecule has 1 aliphatic heterocycles. The van der Waals surface area contributed by atoms with Crippen LogP contribution in [0.1, 0.15) is 43.2 Å². The van der Waals surface area contributed by atoms with Crippen LogP contribution in [0.5, 0.6) is 5.75 Å². The minimum absolute atomic E-state index is 0.0903. The number of aryl methyl sites for hydroxylation is 1. The molecule has 0 aromatic heterocycles. The van der Waals surface area contributed by atoms with Gasteiger partial charge in [0.25, 0.3) is 0 Å². The van der Waals surface area contributed by atoms with Crippen molar-refractivity contribution in [3.63, 3.8) is 0 Å². The Bertz CT molecular complexity index is 1070. The molecule has 2 aromatic rings. The molecule has 5 nitrogen and oxygen atoms in total. The minimum atomic E-state index is -0.449. The van der Waals surface area contributed by atoms with Crippen LogP contribution in [0.3, 0.4) is 0 Å². The Balaban J connectivity index is 1.88. The van der Waals surface area contributed by atoms with Crippen molar-refractivity contribution in [2.45, 2.75) is 39.0 Å². The SMILES string of the molecule is CCOc1ccc(C2C(C#N)=C(N)N(c3ccc(C)cc3)C3=C2C(=O)CCC3)cc1. The predicted octanol–water partition coefficient (Wildman–Crippen LogP) is 4.70. The molecule has 2 N–H and O–H groups in total. The van der Waals surface area contributed by atoms with Crippen molar-refractivity contribution < 1.29 is 9.53 Å². The molecule has 2 aromatic carbocycles. The zero-order valence-corrected chi connectivity index (χ0v) is 17.3. The fourth-order valence-corrected chi connectivity index (χ4v) is 4.33. The van der Waals surface area contributed by atoms with E-state index < -0.39 is 5.92 Å². The van der Waals surface area contributed by atoms with Crippen LogP contribution in [0.15, 0.2) is 71.2 Å². The molecule has 1 atom stereocenters. The molecule has 0 spiro atoms. The number of hydrogen-bond acceptors (Lipinski definition) is 5. The lowest BCUT2D eigenvalue weighted by atomic mass is 9.75. The maximum absolute atomic E-state index is 13.1. The van der Waals surface area contributed by atoms with Gasteiger partial charge in [-0.1, -0.05) is 29.8 Å². The third-order valence-corrected chi connectivity index (χ3v) is 5.73. The number of anilines is 1. The summed E-state index contributed by atoms with van der Waals surface area (Å²) < 4.78 is 5.55. The lowest BCUT2D eigenvalue weighted by Crippen LogP contribution is -2.38. The molecule has 0 amide bonds. The molecule has 1 aliphatic carbocycles. The molecule has 0 saturated heterocycles. The van der Waals surface area contributed by atoms with Gasteiger partial charge >= 0.3 is 0 Å². The normalized spacial score (nSPS) is 18.9. The van der Waals surface area contributed by atoms with E-state index in [4.69, 9.17) is 10.5 Å². The number of nitrogens with two attached hydrogens (primary N) is 1. The third-order valence-electron chi connectivity index (χ3n) is 5.73. The zero-order valence-electron chi connectivity index (χ0n) is 17.3. The second-order valence-corrected chi connectivity index (χ2v) is 7.65. The Morgan fingerprint density at radius 2 is 1.83 bits per heavy atom. The van der Waals surface area contributed by atoms with Crippen molar-refractivity contribution in [3.05, 3.63) is 82.3 Å². The molecular formula is C25H25N3O2. The molecule has 1 heterocycles. The molecular weight excluding hydrogens is 374 g/mol. The van der Waals surface area contributed by atoms with Gasteiger partial charge < -0.3 is 10.5 Å². The number of rotatable bonds is 4. The molecule has 152 valence electrons. The summed E-state index contributed by atoms with van der Waals surface area (Å²) in [6.07, 6.45) is 2.03. The average molecular weight is 399 g/mol. The van der Waals surface area contributed by atoms with E-state index in [0.717, 1.165) is 41.1 Å². The van der Waals surface area contributed by atoms with Gasteiger partial charge in [-0.25, -0.2) is 0 Å². The summed E-state index contributed by atoms with van der Waals surface area (Å²) in [7, 11) is 0. The van der Waals surface area contributed by atoms with Crippen LogP contribution in [-0.2, 0) is 4.79 Å². The largest absolute Gasteiger partial charge is 0.494 e. The van der Waals surface area contributed by atoms with Crippen molar-refractivity contribution >= 4 is 11.5 Å². The molecule has 4 rings (SSSR count). The molecule has 0 radical (unpaired) electrons. The highest BCUT2D eigenvalue weighted by Gasteiger charge is 2.40. The summed E-state index contributed by atoms with van der Waals surface area (Å²) in [4.78, 5) is 15.0. The highest BCUT2D eigenvalue weighted by atomic mass is 16.5. The van der Waals surface area contributed by atoms with E-state index in [1.165, 1.54) is 0 Å². The monoisotopic (exact) mass is 399 g/mol. The number of ether oxygens (including phenoxy) is 1. The van der Waals surface area contributed by atoms with Gasteiger partial charge in [-0.05, 0) is 56.5 Å². The number of Topliss-reactive ketones (excluding diaryl/α,β-unsaturated/α-hetero) is 1. The van der Waals surface area contributed by atoms with Crippen molar-refractivity contribution in [1.82, 2.24) is 0 Å². The molecule has 2 aliphatic rings. The Morgan fingerprint density at radius 3 is 2.47 bits per heavy atom. The van der Waals surface area contributed by atoms with E-state index >= 15 is 0 Å². The first-order chi connectivity index (χ1) is 14.5. The van der Waals surface area contributed by atoms with E-state index in [1.807, 2.05) is 67.3 Å². The van der Waals surface area contributed by atoms with Gasteiger partial charge in [0.05, 0.1) is 24.2 Å². The maximum Gasteiger partial charge on any atom is 0.161 e. The van der Waals surface area contributed by atoms with Gasteiger partial charge in [0, 0.05) is 23.4 Å². The summed E-state index contributed by atoms with van der Waals surface area (Å²) in [5.41, 5.74) is 11.5. The zero-order chi connectivity index (χ0) is 21.3. The molecule has 1 unspecified atom stereocenters. The number of nitrogens with zero attached hydrogens (tertiary/aromatic N) is 2. The first-order valence-corrected chi connectivity index (χ1v) is 10.3. The molecule has 0 saturated carbocycles. The smallest absolute Gasteiger partial charge is 0.161 e. The fourth-order valence-electron chi connectivity index (χ4n) is 4.33. The van der Waals surface area contributed by atoms with Crippen LogP contribution in [0.25, 0.3) is 0 Å². The Kier molecular flexibility index (Phi) is 5.33.